The molecule has 0 spiro atoms. The van der Waals surface area contributed by atoms with E-state index >= 15 is 0 Å². The average molecular weight is 827 g/mol. The number of phenolic OH excluding ortho intramolecular Hbond substituents is 2. The molecule has 4 rings (SSSR count). The summed E-state index contributed by atoms with van der Waals surface area (Å²) in [5.41, 5.74) is 31.1. The van der Waals surface area contributed by atoms with Gasteiger partial charge in [0.05, 0.1) is 6.04 Å². The predicted molar refractivity (Wildman–Crippen MR) is 231 cm³/mol. The summed E-state index contributed by atoms with van der Waals surface area (Å²) < 4.78 is 0. The van der Waals surface area contributed by atoms with E-state index in [0.717, 1.165) is 35.7 Å². The molecule has 4 aromatic rings. The number of nitrogens with zero attached hydrogens (tertiary/aromatic N) is 2. The second-order valence-corrected chi connectivity index (χ2v) is 14.6. The van der Waals surface area contributed by atoms with Crippen LogP contribution in [-0.2, 0) is 38.4 Å². The molecule has 0 bridgehead atoms. The number of nitrogens with two attached hydrogens (primary N) is 5. The normalized spacial score (nSPS) is 12.9. The van der Waals surface area contributed by atoms with E-state index in [4.69, 9.17) is 28.7 Å². The van der Waals surface area contributed by atoms with Crippen LogP contribution in [0.4, 0.5) is 0 Å². The van der Waals surface area contributed by atoms with Gasteiger partial charge in [0, 0.05) is 49.6 Å². The van der Waals surface area contributed by atoms with Gasteiger partial charge >= 0.3 is 0 Å². The number of carbonyl (C=O) groups is 4. The first kappa shape index (κ1) is 45.9. The predicted octanol–water partition coefficient (Wildman–Crippen LogP) is 0.392. The Labute approximate surface area is 348 Å². The van der Waals surface area contributed by atoms with Crippen molar-refractivity contribution in [2.45, 2.75) is 82.0 Å². The topological polar surface area (TPSA) is 327 Å². The molecule has 4 amide bonds. The second kappa shape index (κ2) is 23.6. The number of nitrogens with one attached hydrogen (secondary N) is 5. The zero-order valence-electron chi connectivity index (χ0n) is 33.6. The largest absolute Gasteiger partial charge is 0.508 e. The molecule has 60 heavy (non-hydrogen) atoms. The van der Waals surface area contributed by atoms with Crippen LogP contribution < -0.4 is 49.9 Å². The van der Waals surface area contributed by atoms with E-state index in [1.165, 1.54) is 24.3 Å². The van der Waals surface area contributed by atoms with Crippen LogP contribution >= 0.6 is 0 Å². The quantitative estimate of drug-likeness (QED) is 0.0261. The molecule has 0 aliphatic carbocycles. The van der Waals surface area contributed by atoms with Crippen LogP contribution in [0.2, 0.25) is 0 Å². The number of rotatable bonds is 24. The molecule has 18 heteroatoms. The Morgan fingerprint density at radius 3 is 1.78 bits per heavy atom. The van der Waals surface area contributed by atoms with Crippen molar-refractivity contribution in [2.24, 2.45) is 38.7 Å². The number of aromatic amines is 1. The molecular weight excluding hydrogens is 769 g/mol. The van der Waals surface area contributed by atoms with Gasteiger partial charge in [0.25, 0.3) is 0 Å². The van der Waals surface area contributed by atoms with E-state index in [-0.39, 0.29) is 62.1 Å². The second-order valence-electron chi connectivity index (χ2n) is 14.6. The lowest BCUT2D eigenvalue weighted by Crippen LogP contribution is -2.58. The number of aromatic hydroxyl groups is 2. The lowest BCUT2D eigenvalue weighted by molar-refractivity contribution is -0.134. The van der Waals surface area contributed by atoms with Crippen LogP contribution in [0.3, 0.4) is 0 Å². The van der Waals surface area contributed by atoms with Gasteiger partial charge in [-0.2, -0.15) is 0 Å². The Morgan fingerprint density at radius 2 is 1.13 bits per heavy atom. The molecule has 0 fully saturated rings. The van der Waals surface area contributed by atoms with Crippen molar-refractivity contribution < 1.29 is 29.4 Å². The van der Waals surface area contributed by atoms with E-state index in [1.54, 1.807) is 30.5 Å². The van der Waals surface area contributed by atoms with Crippen LogP contribution in [0.25, 0.3) is 10.9 Å². The molecule has 322 valence electrons. The highest BCUT2D eigenvalue weighted by atomic mass is 16.3. The average Bonchev–Trinajstić information content (AvgIpc) is 3.63. The third-order valence-corrected chi connectivity index (χ3v) is 9.73. The number of hydrogen-bond acceptors (Lipinski definition) is 9. The SMILES string of the molecule is NC(N)=NCCCCCCNC(=O)[C@H](Cc1c[nH]c2ccccc12)NC(=O)[C@H](CCCN=C(N)N)NC(=O)[C@H](Cc1ccc(O)cc1)NC(=O)[C@@H](N)Cc1ccc(O)cc1. The zero-order chi connectivity index (χ0) is 43.4. The molecule has 3 aromatic carbocycles. The highest BCUT2D eigenvalue weighted by Gasteiger charge is 2.31. The molecule has 0 aliphatic rings. The van der Waals surface area contributed by atoms with Crippen molar-refractivity contribution in [3.8, 4) is 11.5 Å². The summed E-state index contributed by atoms with van der Waals surface area (Å²) in [7, 11) is 0. The van der Waals surface area contributed by atoms with Crippen molar-refractivity contribution in [1.29, 1.82) is 0 Å². The van der Waals surface area contributed by atoms with E-state index in [9.17, 15) is 29.4 Å². The van der Waals surface area contributed by atoms with Gasteiger partial charge in [0.1, 0.15) is 29.6 Å². The number of phenols is 2. The van der Waals surface area contributed by atoms with Crippen molar-refractivity contribution in [3.63, 3.8) is 0 Å². The van der Waals surface area contributed by atoms with Crippen molar-refractivity contribution in [2.75, 3.05) is 19.6 Å². The summed E-state index contributed by atoms with van der Waals surface area (Å²) in [5, 5.41) is 31.8. The van der Waals surface area contributed by atoms with Crippen molar-refractivity contribution in [3.05, 3.63) is 95.7 Å². The number of guanidine groups is 2. The minimum absolute atomic E-state index is 0.00793. The Bertz CT molecular complexity index is 2060. The molecule has 1 aromatic heterocycles. The Kier molecular flexibility index (Phi) is 18.0. The molecule has 4 atom stereocenters. The van der Waals surface area contributed by atoms with E-state index < -0.39 is 47.8 Å². The maximum atomic E-state index is 14.2. The summed E-state index contributed by atoms with van der Waals surface area (Å²) in [4.78, 5) is 66.8. The molecular formula is C42H58N12O6. The van der Waals surface area contributed by atoms with Gasteiger partial charge in [-0.15, -0.1) is 0 Å². The first-order chi connectivity index (χ1) is 28.8. The van der Waals surface area contributed by atoms with Crippen molar-refractivity contribution >= 4 is 46.5 Å². The molecule has 18 nitrogen and oxygen atoms in total. The molecule has 0 saturated heterocycles. The fourth-order valence-electron chi connectivity index (χ4n) is 6.51. The molecule has 0 radical (unpaired) electrons. The number of carbonyl (C=O) groups excluding carboxylic acids is 4. The number of hydrogen-bond donors (Lipinski definition) is 12. The highest BCUT2D eigenvalue weighted by molar-refractivity contribution is 5.95. The molecule has 0 aliphatic heterocycles. The molecule has 1 heterocycles. The molecule has 0 unspecified atom stereocenters. The first-order valence-corrected chi connectivity index (χ1v) is 19.9. The highest BCUT2D eigenvalue weighted by Crippen LogP contribution is 2.20. The number of benzene rings is 3. The van der Waals surface area contributed by atoms with Gasteiger partial charge in [0.2, 0.25) is 23.6 Å². The van der Waals surface area contributed by atoms with Crippen LogP contribution in [0, 0.1) is 0 Å². The van der Waals surface area contributed by atoms with Crippen LogP contribution in [-0.4, -0.2) is 94.5 Å². The maximum absolute atomic E-state index is 14.2. The van der Waals surface area contributed by atoms with Crippen molar-refractivity contribution in [1.82, 2.24) is 26.3 Å². The summed E-state index contributed by atoms with van der Waals surface area (Å²) in [6.45, 7) is 1.05. The monoisotopic (exact) mass is 826 g/mol. The van der Waals surface area contributed by atoms with Crippen LogP contribution in [0.15, 0.2) is 89.0 Å². The van der Waals surface area contributed by atoms with Gasteiger partial charge in [-0.1, -0.05) is 55.3 Å². The fraction of sp³-hybridized carbons (Fsp3) is 0.381. The van der Waals surface area contributed by atoms with Gasteiger partial charge in [0.15, 0.2) is 11.9 Å². The van der Waals surface area contributed by atoms with Gasteiger partial charge in [-0.3, -0.25) is 29.2 Å². The molecule has 17 N–H and O–H groups in total. The Balaban J connectivity index is 1.53. The van der Waals surface area contributed by atoms with E-state index in [1.807, 2.05) is 24.3 Å². The summed E-state index contributed by atoms with van der Waals surface area (Å²) >= 11 is 0. The summed E-state index contributed by atoms with van der Waals surface area (Å²) in [6, 6.07) is 15.5. The maximum Gasteiger partial charge on any atom is 0.243 e. The van der Waals surface area contributed by atoms with Gasteiger partial charge < -0.3 is 65.1 Å². The number of aliphatic imine (C=N–C) groups is 2. The lowest BCUT2D eigenvalue weighted by Gasteiger charge is -2.26. The number of H-pyrrole nitrogens is 1. The van der Waals surface area contributed by atoms with Gasteiger partial charge in [-0.25, -0.2) is 0 Å². The molecule has 0 saturated carbocycles. The fourth-order valence-corrected chi connectivity index (χ4v) is 6.51. The number of fused-ring (bicyclic) bond motifs is 1. The van der Waals surface area contributed by atoms with E-state index in [2.05, 4.69) is 36.2 Å². The number of unbranched alkanes of at least 4 members (excludes halogenated alkanes) is 3. The standard InChI is InChI=1S/C42H58N12O6/c43-32(22-26-11-15-29(55)16-12-26)37(57)53-35(23-27-13-17-30(56)18-14-27)40(60)52-34(10-7-21-50-42(46)47)39(59)54-36(24-28-25-51-33-9-4-3-8-31(28)33)38(58)48-19-5-1-2-6-20-49-41(44)45/h3-4,8-9,11-18,25,32,34-36,51,55-56H,1-2,5-7,10,19-24,43H2,(H,48,58)(H,52,60)(H,53,57)(H,54,59)(H4,44,45,49)(H4,46,47,50)/t32-,34-,35-,36-/m0/s1. The number of amides is 4. The minimum atomic E-state index is -1.20. The number of aromatic nitrogens is 1. The summed E-state index contributed by atoms with van der Waals surface area (Å²) in [6.07, 6.45) is 5.60. The Morgan fingerprint density at radius 1 is 0.600 bits per heavy atom. The Hall–Kier alpha value is -6.82. The summed E-state index contributed by atoms with van der Waals surface area (Å²) in [5.74, 6) is -2.36. The van der Waals surface area contributed by atoms with Crippen LogP contribution in [0.1, 0.15) is 55.2 Å². The first-order valence-electron chi connectivity index (χ1n) is 19.9. The lowest BCUT2D eigenvalue weighted by atomic mass is 10.0. The third kappa shape index (κ3) is 15.5. The minimum Gasteiger partial charge on any atom is -0.508 e. The smallest absolute Gasteiger partial charge is 0.243 e. The van der Waals surface area contributed by atoms with Crippen LogP contribution in [0.5, 0.6) is 11.5 Å². The number of para-hydroxylation sites is 1. The third-order valence-electron chi connectivity index (χ3n) is 9.73. The zero-order valence-corrected chi connectivity index (χ0v) is 33.6. The van der Waals surface area contributed by atoms with E-state index in [0.29, 0.717) is 30.6 Å². The van der Waals surface area contributed by atoms with Gasteiger partial charge in [-0.05, 0) is 79.1 Å².